The predicted octanol–water partition coefficient (Wildman–Crippen LogP) is 4.15. The zero-order valence-electron chi connectivity index (χ0n) is 10.6. The molecule has 1 aromatic carbocycles. The molecule has 0 spiro atoms. The first-order chi connectivity index (χ1) is 8.81. The average molecular weight is 352 g/mol. The Morgan fingerprint density at radius 2 is 2.00 bits per heavy atom. The number of fused-ring (bicyclic) bond motifs is 2. The minimum Gasteiger partial charge on any atom is -0.387 e. The SMILES string of the molecule is CNc1c2c(nc3c(I)cccc13)CCCCC2. The molecular weight excluding hydrogens is 335 g/mol. The van der Waals surface area contributed by atoms with E-state index in [1.807, 2.05) is 7.05 Å². The Bertz CT molecular complexity index is 593. The lowest BCUT2D eigenvalue weighted by atomic mass is 10.0. The first kappa shape index (κ1) is 12.2. The van der Waals surface area contributed by atoms with Gasteiger partial charge in [-0.2, -0.15) is 0 Å². The molecule has 1 aliphatic rings. The van der Waals surface area contributed by atoms with E-state index in [0.717, 1.165) is 11.9 Å². The Balaban J connectivity index is 2.34. The maximum absolute atomic E-state index is 4.94. The van der Waals surface area contributed by atoms with Gasteiger partial charge in [-0.05, 0) is 59.9 Å². The molecule has 18 heavy (non-hydrogen) atoms. The number of hydrogen-bond donors (Lipinski definition) is 1. The number of nitrogens with zero attached hydrogens (tertiary/aromatic N) is 1. The molecule has 0 aliphatic heterocycles. The van der Waals surface area contributed by atoms with Gasteiger partial charge in [-0.25, -0.2) is 0 Å². The van der Waals surface area contributed by atoms with E-state index < -0.39 is 0 Å². The van der Waals surface area contributed by atoms with Crippen LogP contribution in [-0.4, -0.2) is 12.0 Å². The molecule has 94 valence electrons. The first-order valence-electron chi connectivity index (χ1n) is 6.59. The second kappa shape index (κ2) is 5.03. The molecule has 0 atom stereocenters. The highest BCUT2D eigenvalue weighted by molar-refractivity contribution is 14.1. The van der Waals surface area contributed by atoms with Crippen molar-refractivity contribution in [2.75, 3.05) is 12.4 Å². The molecule has 1 aliphatic carbocycles. The molecule has 0 bridgehead atoms. The Labute approximate surface area is 121 Å². The summed E-state index contributed by atoms with van der Waals surface area (Å²) in [7, 11) is 2.03. The van der Waals surface area contributed by atoms with Crippen LogP contribution in [0.1, 0.15) is 30.5 Å². The fourth-order valence-electron chi connectivity index (χ4n) is 2.87. The summed E-state index contributed by atoms with van der Waals surface area (Å²) in [4.78, 5) is 4.94. The molecule has 1 aromatic heterocycles. The number of benzene rings is 1. The molecule has 0 amide bonds. The van der Waals surface area contributed by atoms with Gasteiger partial charge in [0.2, 0.25) is 0 Å². The van der Waals surface area contributed by atoms with Crippen LogP contribution < -0.4 is 5.32 Å². The van der Waals surface area contributed by atoms with E-state index in [1.165, 1.54) is 51.6 Å². The molecule has 0 saturated carbocycles. The van der Waals surface area contributed by atoms with Crippen LogP contribution in [0.2, 0.25) is 0 Å². The van der Waals surface area contributed by atoms with E-state index in [0.29, 0.717) is 0 Å². The molecule has 0 unspecified atom stereocenters. The van der Waals surface area contributed by atoms with Crippen LogP contribution in [0.25, 0.3) is 10.9 Å². The second-order valence-electron chi connectivity index (χ2n) is 4.86. The molecule has 0 fully saturated rings. The Kier molecular flexibility index (Phi) is 3.41. The van der Waals surface area contributed by atoms with Crippen LogP contribution >= 0.6 is 22.6 Å². The summed E-state index contributed by atoms with van der Waals surface area (Å²) in [6, 6.07) is 6.44. The van der Waals surface area contributed by atoms with Gasteiger partial charge in [0.25, 0.3) is 0 Å². The van der Waals surface area contributed by atoms with Gasteiger partial charge in [0.1, 0.15) is 0 Å². The number of nitrogens with one attached hydrogen (secondary N) is 1. The van der Waals surface area contributed by atoms with Crippen LogP contribution in [0.5, 0.6) is 0 Å². The Hall–Kier alpha value is -0.840. The predicted molar refractivity (Wildman–Crippen MR) is 85.3 cm³/mol. The van der Waals surface area contributed by atoms with Crippen LogP contribution in [0, 0.1) is 3.57 Å². The molecule has 1 heterocycles. The largest absolute Gasteiger partial charge is 0.387 e. The minimum absolute atomic E-state index is 1.13. The summed E-state index contributed by atoms with van der Waals surface area (Å²) in [6.45, 7) is 0. The van der Waals surface area contributed by atoms with Crippen LogP contribution in [0.15, 0.2) is 18.2 Å². The molecular formula is C15H17IN2. The van der Waals surface area contributed by atoms with Crippen molar-refractivity contribution >= 4 is 39.2 Å². The van der Waals surface area contributed by atoms with Gasteiger partial charge in [0.15, 0.2) is 0 Å². The number of hydrogen-bond acceptors (Lipinski definition) is 2. The minimum atomic E-state index is 1.13. The molecule has 2 aromatic rings. The van der Waals surface area contributed by atoms with Gasteiger partial charge in [-0.15, -0.1) is 0 Å². The van der Waals surface area contributed by atoms with Crippen molar-refractivity contribution in [3.05, 3.63) is 33.0 Å². The summed E-state index contributed by atoms with van der Waals surface area (Å²) in [5.74, 6) is 0. The van der Waals surface area contributed by atoms with Crippen LogP contribution in [0.4, 0.5) is 5.69 Å². The van der Waals surface area contributed by atoms with Crippen LogP contribution in [-0.2, 0) is 12.8 Å². The monoisotopic (exact) mass is 352 g/mol. The summed E-state index contributed by atoms with van der Waals surface area (Å²) in [5.41, 5.74) is 5.22. The Morgan fingerprint density at radius 1 is 1.17 bits per heavy atom. The molecule has 2 nitrogen and oxygen atoms in total. The quantitative estimate of drug-likeness (QED) is 0.616. The van der Waals surface area contributed by atoms with E-state index >= 15 is 0 Å². The van der Waals surface area contributed by atoms with Crippen LogP contribution in [0.3, 0.4) is 0 Å². The number of anilines is 1. The number of rotatable bonds is 1. The fourth-order valence-corrected chi connectivity index (χ4v) is 3.49. The van der Waals surface area contributed by atoms with E-state index in [2.05, 4.69) is 46.1 Å². The van der Waals surface area contributed by atoms with Crippen molar-refractivity contribution in [2.45, 2.75) is 32.1 Å². The second-order valence-corrected chi connectivity index (χ2v) is 6.02. The topological polar surface area (TPSA) is 24.9 Å². The van der Waals surface area contributed by atoms with Gasteiger partial charge in [-0.1, -0.05) is 18.6 Å². The molecule has 3 heteroatoms. The van der Waals surface area contributed by atoms with Gasteiger partial charge in [0.05, 0.1) is 5.52 Å². The molecule has 1 N–H and O–H groups in total. The van der Waals surface area contributed by atoms with Gasteiger partial charge in [-0.3, -0.25) is 4.98 Å². The molecule has 0 saturated heterocycles. The standard InChI is InChI=1S/C15H17IN2/c1-17-14-10-6-3-2-4-9-13(10)18-15-11(14)7-5-8-12(15)16/h5,7-8H,2-4,6,9H2,1H3,(H,17,18). The van der Waals surface area contributed by atoms with Crippen molar-refractivity contribution in [1.82, 2.24) is 4.98 Å². The lowest BCUT2D eigenvalue weighted by molar-refractivity contribution is 0.709. The summed E-state index contributed by atoms with van der Waals surface area (Å²) in [5, 5.41) is 4.68. The maximum atomic E-state index is 4.94. The third kappa shape index (κ3) is 1.98. The maximum Gasteiger partial charge on any atom is 0.0859 e. The molecule has 0 radical (unpaired) electrons. The lowest BCUT2D eigenvalue weighted by Gasteiger charge is -2.15. The van der Waals surface area contributed by atoms with Crippen molar-refractivity contribution < 1.29 is 0 Å². The van der Waals surface area contributed by atoms with Crippen molar-refractivity contribution in [3.8, 4) is 0 Å². The summed E-state index contributed by atoms with van der Waals surface area (Å²) < 4.78 is 1.24. The number of aryl methyl sites for hydroxylation is 1. The highest BCUT2D eigenvalue weighted by atomic mass is 127. The number of aromatic nitrogens is 1. The summed E-state index contributed by atoms with van der Waals surface area (Å²) >= 11 is 2.39. The van der Waals surface area contributed by atoms with Crippen molar-refractivity contribution in [3.63, 3.8) is 0 Å². The highest BCUT2D eigenvalue weighted by Crippen LogP contribution is 2.33. The normalized spacial score (nSPS) is 15.2. The molecule has 3 rings (SSSR count). The average Bonchev–Trinajstić information content (AvgIpc) is 2.62. The Morgan fingerprint density at radius 3 is 2.83 bits per heavy atom. The van der Waals surface area contributed by atoms with Crippen molar-refractivity contribution in [1.29, 1.82) is 0 Å². The van der Waals surface area contributed by atoms with Gasteiger partial charge < -0.3 is 5.32 Å². The van der Waals surface area contributed by atoms with E-state index in [1.54, 1.807) is 0 Å². The number of pyridine rings is 1. The van der Waals surface area contributed by atoms with Gasteiger partial charge in [0, 0.05) is 27.4 Å². The highest BCUT2D eigenvalue weighted by Gasteiger charge is 2.17. The lowest BCUT2D eigenvalue weighted by Crippen LogP contribution is -2.04. The first-order valence-corrected chi connectivity index (χ1v) is 7.67. The fraction of sp³-hybridized carbons (Fsp3) is 0.400. The summed E-state index contributed by atoms with van der Waals surface area (Å²) in [6.07, 6.45) is 6.19. The zero-order chi connectivity index (χ0) is 12.5. The number of para-hydroxylation sites is 1. The van der Waals surface area contributed by atoms with Gasteiger partial charge >= 0.3 is 0 Å². The smallest absolute Gasteiger partial charge is 0.0859 e. The van der Waals surface area contributed by atoms with Crippen molar-refractivity contribution in [2.24, 2.45) is 0 Å². The third-order valence-corrected chi connectivity index (χ3v) is 4.61. The number of halogens is 1. The van der Waals surface area contributed by atoms with E-state index in [4.69, 9.17) is 4.98 Å². The van der Waals surface area contributed by atoms with E-state index in [9.17, 15) is 0 Å². The van der Waals surface area contributed by atoms with E-state index in [-0.39, 0.29) is 0 Å². The zero-order valence-corrected chi connectivity index (χ0v) is 12.8. The third-order valence-electron chi connectivity index (χ3n) is 3.74.